The smallest absolute Gasteiger partial charge is 0.136 e. The summed E-state index contributed by atoms with van der Waals surface area (Å²) < 4.78 is 12.7. The molecule has 7 rings (SSSR count). The Kier molecular flexibility index (Phi) is 5.24. The third-order valence-corrected chi connectivity index (χ3v) is 7.91. The molecule has 4 nitrogen and oxygen atoms in total. The fraction of sp³-hybridized carbons (Fsp3) is 0.222. The van der Waals surface area contributed by atoms with E-state index in [4.69, 9.17) is 18.8 Å². The van der Waals surface area contributed by atoms with Gasteiger partial charge in [-0.15, -0.1) is 0 Å². The molecule has 40 heavy (non-hydrogen) atoms. The number of pyridine rings is 2. The molecule has 0 spiro atoms. The molecule has 4 aromatic heterocycles. The molecule has 3 aromatic carbocycles. The van der Waals surface area contributed by atoms with Gasteiger partial charge in [-0.2, -0.15) is 0 Å². The minimum Gasteiger partial charge on any atom is -0.456 e. The van der Waals surface area contributed by atoms with E-state index in [2.05, 4.69) is 102 Å². The third-order valence-electron chi connectivity index (χ3n) is 7.91. The Morgan fingerprint density at radius 1 is 0.475 bits per heavy atom. The van der Waals surface area contributed by atoms with Crippen LogP contribution in [0, 0.1) is 0 Å². The molecule has 4 heterocycles. The second-order valence-corrected chi connectivity index (χ2v) is 12.8. The van der Waals surface area contributed by atoms with E-state index in [-0.39, 0.29) is 10.8 Å². The van der Waals surface area contributed by atoms with Gasteiger partial charge in [-0.1, -0.05) is 41.5 Å². The Hall–Kier alpha value is -4.44. The molecule has 198 valence electrons. The molecular formula is C36H32N2O2. The quantitative estimate of drug-likeness (QED) is 0.226. The first kappa shape index (κ1) is 24.6. The van der Waals surface area contributed by atoms with Crippen LogP contribution in [0.15, 0.2) is 94.0 Å². The van der Waals surface area contributed by atoms with E-state index in [0.29, 0.717) is 0 Å². The Bertz CT molecular complexity index is 1930. The zero-order chi connectivity index (χ0) is 27.8. The summed E-state index contributed by atoms with van der Waals surface area (Å²) in [7, 11) is 0. The first-order valence-electron chi connectivity index (χ1n) is 13.8. The highest BCUT2D eigenvalue weighted by Gasteiger charge is 2.20. The molecule has 0 aliphatic carbocycles. The molecule has 0 radical (unpaired) electrons. The maximum atomic E-state index is 6.34. The third kappa shape index (κ3) is 3.98. The highest BCUT2D eigenvalue weighted by Crippen LogP contribution is 2.42. The van der Waals surface area contributed by atoms with Crippen LogP contribution in [0.3, 0.4) is 0 Å². The van der Waals surface area contributed by atoms with Gasteiger partial charge >= 0.3 is 0 Å². The lowest BCUT2D eigenvalue weighted by Gasteiger charge is -2.19. The van der Waals surface area contributed by atoms with Gasteiger partial charge < -0.3 is 8.83 Å². The van der Waals surface area contributed by atoms with Crippen molar-refractivity contribution < 1.29 is 8.83 Å². The molecule has 0 saturated carbocycles. The van der Waals surface area contributed by atoms with Crippen LogP contribution in [0.1, 0.15) is 52.7 Å². The van der Waals surface area contributed by atoms with Gasteiger partial charge in [0.15, 0.2) is 0 Å². The Labute approximate surface area is 233 Å². The van der Waals surface area contributed by atoms with Crippen molar-refractivity contribution >= 4 is 43.9 Å². The summed E-state index contributed by atoms with van der Waals surface area (Å²) in [5.74, 6) is 0. The molecule has 7 aromatic rings. The van der Waals surface area contributed by atoms with Gasteiger partial charge in [0.2, 0.25) is 0 Å². The van der Waals surface area contributed by atoms with E-state index in [1.54, 1.807) is 0 Å². The van der Waals surface area contributed by atoms with Crippen LogP contribution in [-0.2, 0) is 10.8 Å². The summed E-state index contributed by atoms with van der Waals surface area (Å²) >= 11 is 0. The predicted molar refractivity (Wildman–Crippen MR) is 165 cm³/mol. The van der Waals surface area contributed by atoms with Crippen molar-refractivity contribution in [3.63, 3.8) is 0 Å². The number of benzene rings is 3. The van der Waals surface area contributed by atoms with Crippen LogP contribution >= 0.6 is 0 Å². The maximum absolute atomic E-state index is 6.34. The van der Waals surface area contributed by atoms with Crippen LogP contribution < -0.4 is 0 Å². The van der Waals surface area contributed by atoms with E-state index in [1.807, 2.05) is 24.5 Å². The summed E-state index contributed by atoms with van der Waals surface area (Å²) in [6, 6.07) is 25.3. The zero-order valence-corrected chi connectivity index (χ0v) is 23.8. The standard InChI is InChI=1S/C36H32N2O2/c1-35(2,3)23-13-15-37-27(19-23)21-7-9-29-25(17-21)33-31(39-29)11-12-32-34(33)26-18-22(8-10-30(26)40-32)28-20-24(14-16-38-28)36(4,5)6/h7-20H,1-6H3. The molecular weight excluding hydrogens is 492 g/mol. The average Bonchev–Trinajstić information content (AvgIpc) is 3.49. The van der Waals surface area contributed by atoms with Crippen molar-refractivity contribution in [1.29, 1.82) is 0 Å². The van der Waals surface area contributed by atoms with Crippen molar-refractivity contribution in [2.24, 2.45) is 0 Å². The van der Waals surface area contributed by atoms with E-state index >= 15 is 0 Å². The van der Waals surface area contributed by atoms with E-state index < -0.39 is 0 Å². The molecule has 0 fully saturated rings. The van der Waals surface area contributed by atoms with E-state index in [0.717, 1.165) is 66.4 Å². The predicted octanol–water partition coefficient (Wildman–Crippen LogP) is 10.2. The van der Waals surface area contributed by atoms with Gasteiger partial charge in [-0.25, -0.2) is 0 Å². The van der Waals surface area contributed by atoms with E-state index in [1.165, 1.54) is 11.1 Å². The lowest BCUT2D eigenvalue weighted by Crippen LogP contribution is -2.11. The fourth-order valence-electron chi connectivity index (χ4n) is 5.56. The molecule has 0 N–H and O–H groups in total. The summed E-state index contributed by atoms with van der Waals surface area (Å²) in [6.07, 6.45) is 3.80. The van der Waals surface area contributed by atoms with Crippen LogP contribution in [-0.4, -0.2) is 9.97 Å². The van der Waals surface area contributed by atoms with Gasteiger partial charge in [0.1, 0.15) is 22.3 Å². The minimum absolute atomic E-state index is 0.0466. The number of hydrogen-bond acceptors (Lipinski definition) is 4. The minimum atomic E-state index is 0.0466. The number of hydrogen-bond donors (Lipinski definition) is 0. The largest absolute Gasteiger partial charge is 0.456 e. The monoisotopic (exact) mass is 524 g/mol. The fourth-order valence-corrected chi connectivity index (χ4v) is 5.56. The maximum Gasteiger partial charge on any atom is 0.136 e. The van der Waals surface area contributed by atoms with Crippen molar-refractivity contribution in [2.75, 3.05) is 0 Å². The Morgan fingerprint density at radius 3 is 1.27 bits per heavy atom. The summed E-state index contributed by atoms with van der Waals surface area (Å²) in [5, 5.41) is 4.24. The van der Waals surface area contributed by atoms with Gasteiger partial charge in [0.25, 0.3) is 0 Å². The molecule has 0 saturated heterocycles. The summed E-state index contributed by atoms with van der Waals surface area (Å²) in [5.41, 5.74) is 10.0. The molecule has 0 amide bonds. The van der Waals surface area contributed by atoms with Crippen LogP contribution in [0.25, 0.3) is 66.4 Å². The number of fused-ring (bicyclic) bond motifs is 7. The SMILES string of the molecule is CC(C)(C)c1ccnc(-c2ccc3oc4ccc5oc6ccc(-c7cc(C(C)(C)C)ccn7)cc6c5c4c3c2)c1. The second-order valence-electron chi connectivity index (χ2n) is 12.8. The number of rotatable bonds is 2. The molecule has 0 aliphatic rings. The van der Waals surface area contributed by atoms with Crippen LogP contribution in [0.5, 0.6) is 0 Å². The van der Waals surface area contributed by atoms with E-state index in [9.17, 15) is 0 Å². The van der Waals surface area contributed by atoms with Gasteiger partial charge in [-0.05, 0) is 94.8 Å². The normalized spacial score (nSPS) is 12.8. The molecule has 4 heteroatoms. The van der Waals surface area contributed by atoms with Crippen molar-refractivity contribution in [2.45, 2.75) is 52.4 Å². The lowest BCUT2D eigenvalue weighted by atomic mass is 9.87. The van der Waals surface area contributed by atoms with Crippen molar-refractivity contribution in [1.82, 2.24) is 9.97 Å². The molecule has 0 aliphatic heterocycles. The van der Waals surface area contributed by atoms with Crippen molar-refractivity contribution in [3.8, 4) is 22.5 Å². The summed E-state index contributed by atoms with van der Waals surface area (Å²) in [6.45, 7) is 13.3. The number of aromatic nitrogens is 2. The van der Waals surface area contributed by atoms with Gasteiger partial charge in [0.05, 0.1) is 11.4 Å². The Morgan fingerprint density at radius 2 is 0.875 bits per heavy atom. The first-order valence-corrected chi connectivity index (χ1v) is 13.8. The highest BCUT2D eigenvalue weighted by molar-refractivity contribution is 6.26. The molecule has 0 unspecified atom stereocenters. The Balaban J connectivity index is 1.46. The summed E-state index contributed by atoms with van der Waals surface area (Å²) in [4.78, 5) is 9.42. The van der Waals surface area contributed by atoms with Gasteiger partial charge in [0, 0.05) is 45.1 Å². The van der Waals surface area contributed by atoms with Gasteiger partial charge in [-0.3, -0.25) is 9.97 Å². The van der Waals surface area contributed by atoms with Crippen molar-refractivity contribution in [3.05, 3.63) is 96.3 Å². The van der Waals surface area contributed by atoms with Crippen LogP contribution in [0.2, 0.25) is 0 Å². The molecule has 0 bridgehead atoms. The molecule has 0 atom stereocenters. The lowest BCUT2D eigenvalue weighted by molar-refractivity contribution is 0.589. The van der Waals surface area contributed by atoms with Crippen LogP contribution in [0.4, 0.5) is 0 Å². The topological polar surface area (TPSA) is 52.1 Å². The highest BCUT2D eigenvalue weighted by atomic mass is 16.3. The zero-order valence-electron chi connectivity index (χ0n) is 23.8. The number of nitrogens with zero attached hydrogens (tertiary/aromatic N) is 2. The second kappa shape index (κ2) is 8.53. The average molecular weight is 525 g/mol. The first-order chi connectivity index (χ1) is 19.1. The number of furan rings is 2.